The predicted molar refractivity (Wildman–Crippen MR) is 138 cm³/mol. The van der Waals surface area contributed by atoms with Gasteiger partial charge in [-0.3, -0.25) is 14.5 Å². The molecule has 1 aliphatic heterocycles. The molecule has 12 nitrogen and oxygen atoms in total. The molecule has 3 N–H and O–H groups in total. The molecule has 12 heteroatoms. The summed E-state index contributed by atoms with van der Waals surface area (Å²) in [6, 6.07) is 4.06. The topological polar surface area (TPSA) is 160 Å². The first-order valence-electron chi connectivity index (χ1n) is 12.5. The van der Waals surface area contributed by atoms with Gasteiger partial charge >= 0.3 is 0 Å². The number of nitrogens with two attached hydrogens (primary N) is 1. The Morgan fingerprint density at radius 3 is 2.55 bits per heavy atom. The minimum Gasteiger partial charge on any atom is -0.381 e. The molecule has 1 fully saturated rings. The summed E-state index contributed by atoms with van der Waals surface area (Å²) in [6.07, 6.45) is 10.1. The van der Waals surface area contributed by atoms with Crippen LogP contribution in [-0.2, 0) is 16.1 Å². The summed E-state index contributed by atoms with van der Waals surface area (Å²) >= 11 is 0. The average molecular weight is 518 g/mol. The molecule has 1 saturated heterocycles. The lowest BCUT2D eigenvalue weighted by Gasteiger charge is -2.28. The number of nitrogens with one attached hydrogen (secondary N) is 1. The van der Waals surface area contributed by atoms with Gasteiger partial charge in [-0.1, -0.05) is 32.0 Å². The first kappa shape index (κ1) is 25.5. The number of nitrogens with zero attached hydrogens (tertiary/aromatic N) is 7. The number of hydrogen-bond donors (Lipinski definition) is 2. The van der Waals surface area contributed by atoms with E-state index < -0.39 is 0 Å². The summed E-state index contributed by atoms with van der Waals surface area (Å²) in [4.78, 5) is 29.8. The molecule has 5 rings (SSSR count). The second-order valence-corrected chi connectivity index (χ2v) is 10.4. The minimum absolute atomic E-state index is 0.0907. The van der Waals surface area contributed by atoms with Crippen LogP contribution in [0, 0.1) is 5.41 Å². The Kier molecular flexibility index (Phi) is 7.14. The molecule has 1 amide bonds. The molecule has 0 spiro atoms. The van der Waals surface area contributed by atoms with Gasteiger partial charge in [0.05, 0.1) is 23.4 Å². The van der Waals surface area contributed by atoms with E-state index in [4.69, 9.17) is 20.0 Å². The van der Waals surface area contributed by atoms with Crippen LogP contribution in [0.3, 0.4) is 0 Å². The number of pyridine rings is 1. The van der Waals surface area contributed by atoms with Gasteiger partial charge in [0, 0.05) is 49.6 Å². The van der Waals surface area contributed by atoms with Crippen molar-refractivity contribution in [1.29, 1.82) is 0 Å². The van der Waals surface area contributed by atoms with Crippen molar-refractivity contribution in [1.82, 2.24) is 40.2 Å². The summed E-state index contributed by atoms with van der Waals surface area (Å²) in [7, 11) is 0. The van der Waals surface area contributed by atoms with Crippen LogP contribution in [0.1, 0.15) is 50.9 Å². The van der Waals surface area contributed by atoms with Crippen molar-refractivity contribution in [2.75, 3.05) is 18.9 Å². The maximum absolute atomic E-state index is 12.4. The number of carbonyl (C=O) groups is 1. The van der Waals surface area contributed by atoms with Crippen LogP contribution in [0.15, 0.2) is 47.6 Å². The molecule has 4 aromatic rings. The number of ether oxygens (including phenoxy) is 1. The van der Waals surface area contributed by atoms with Gasteiger partial charge in [-0.15, -0.1) is 0 Å². The van der Waals surface area contributed by atoms with E-state index in [0.717, 1.165) is 29.7 Å². The number of aromatic nitrogens is 7. The zero-order valence-electron chi connectivity index (χ0n) is 21.7. The van der Waals surface area contributed by atoms with Crippen molar-refractivity contribution in [3.8, 4) is 22.7 Å². The third-order valence-electron chi connectivity index (χ3n) is 6.43. The number of carbonyl (C=O) groups excluding carboxylic acids is 1. The summed E-state index contributed by atoms with van der Waals surface area (Å²) in [6.45, 7) is 7.80. The lowest BCUT2D eigenvalue weighted by atomic mass is 9.76. The Bertz CT molecular complexity index is 1370. The number of rotatable bonds is 7. The van der Waals surface area contributed by atoms with E-state index in [1.54, 1.807) is 29.5 Å². The van der Waals surface area contributed by atoms with Gasteiger partial charge in [-0.25, -0.2) is 9.97 Å². The molecule has 1 unspecified atom stereocenters. The van der Waals surface area contributed by atoms with Crippen molar-refractivity contribution in [3.05, 3.63) is 54.5 Å². The zero-order chi connectivity index (χ0) is 26.7. The smallest absolute Gasteiger partial charge is 0.261 e. The van der Waals surface area contributed by atoms with Gasteiger partial charge in [0.25, 0.3) is 5.89 Å². The normalized spacial score (nSPS) is 15.3. The highest BCUT2D eigenvalue weighted by Crippen LogP contribution is 2.39. The van der Waals surface area contributed by atoms with Gasteiger partial charge in [-0.05, 0) is 29.9 Å². The van der Waals surface area contributed by atoms with E-state index in [0.29, 0.717) is 30.5 Å². The van der Waals surface area contributed by atoms with Crippen LogP contribution in [0.5, 0.6) is 0 Å². The Labute approximate surface area is 220 Å². The molecule has 1 aliphatic rings. The van der Waals surface area contributed by atoms with Gasteiger partial charge in [-0.2, -0.15) is 10.1 Å². The van der Waals surface area contributed by atoms with E-state index in [2.05, 4.69) is 51.3 Å². The van der Waals surface area contributed by atoms with Crippen LogP contribution in [0.4, 0.5) is 5.95 Å². The van der Waals surface area contributed by atoms with Gasteiger partial charge in [0.15, 0.2) is 5.82 Å². The lowest BCUT2D eigenvalue weighted by molar-refractivity contribution is -0.123. The predicted octanol–water partition coefficient (Wildman–Crippen LogP) is 2.84. The summed E-state index contributed by atoms with van der Waals surface area (Å²) in [5.74, 6) is 0.836. The Hall–Kier alpha value is -4.19. The Morgan fingerprint density at radius 2 is 1.87 bits per heavy atom. The van der Waals surface area contributed by atoms with Crippen LogP contribution >= 0.6 is 0 Å². The average Bonchev–Trinajstić information content (AvgIpc) is 3.55. The molecule has 0 bridgehead atoms. The molecule has 198 valence electrons. The fourth-order valence-electron chi connectivity index (χ4n) is 4.55. The molecule has 0 aromatic carbocycles. The summed E-state index contributed by atoms with van der Waals surface area (Å²) in [5.41, 5.74) is 8.48. The van der Waals surface area contributed by atoms with Crippen LogP contribution < -0.4 is 11.1 Å². The highest BCUT2D eigenvalue weighted by atomic mass is 16.5. The van der Waals surface area contributed by atoms with Gasteiger partial charge in [0.1, 0.15) is 6.54 Å². The van der Waals surface area contributed by atoms with E-state index >= 15 is 0 Å². The second-order valence-electron chi connectivity index (χ2n) is 10.4. The quantitative estimate of drug-likeness (QED) is 0.373. The van der Waals surface area contributed by atoms with E-state index in [9.17, 15) is 4.79 Å². The van der Waals surface area contributed by atoms with E-state index in [-0.39, 0.29) is 35.8 Å². The molecule has 0 saturated carbocycles. The highest BCUT2D eigenvalue weighted by molar-refractivity contribution is 5.76. The SMILES string of the molecule is CC(C)(C)C(c1ccc(-c2cnc(N)nc2)nc1)c1noc(-c2cnn(CC(=O)NC3CCOCC3)c2)n1. The molecular weight excluding hydrogens is 486 g/mol. The van der Waals surface area contributed by atoms with E-state index in [1.165, 1.54) is 0 Å². The first-order chi connectivity index (χ1) is 18.3. The molecular formula is C26H31N9O3. The number of amides is 1. The Morgan fingerprint density at radius 1 is 1.11 bits per heavy atom. The van der Waals surface area contributed by atoms with Crippen LogP contribution in [0.2, 0.25) is 0 Å². The Balaban J connectivity index is 1.31. The van der Waals surface area contributed by atoms with Crippen molar-refractivity contribution in [3.63, 3.8) is 0 Å². The highest BCUT2D eigenvalue weighted by Gasteiger charge is 2.33. The standard InChI is InChI=1S/C26H31N9O3/c1-26(2,3)22(16-4-5-20(28-10-16)17-11-29-25(27)30-12-17)23-33-24(38-34-23)18-13-31-35(14-18)15-21(36)32-19-6-8-37-9-7-19/h4-5,10-14,19,22H,6-9,15H2,1-3H3,(H,32,36)(H2,27,29,30). The first-order valence-corrected chi connectivity index (χ1v) is 12.5. The summed E-state index contributed by atoms with van der Waals surface area (Å²) in [5, 5.41) is 11.6. The minimum atomic E-state index is -0.221. The van der Waals surface area contributed by atoms with Gasteiger partial charge in [0.2, 0.25) is 11.9 Å². The number of hydrogen-bond acceptors (Lipinski definition) is 10. The van der Waals surface area contributed by atoms with Crippen LogP contribution in [-0.4, -0.2) is 60.0 Å². The molecule has 0 radical (unpaired) electrons. The monoisotopic (exact) mass is 517 g/mol. The third-order valence-corrected chi connectivity index (χ3v) is 6.43. The van der Waals surface area contributed by atoms with Crippen molar-refractivity contribution < 1.29 is 14.1 Å². The second kappa shape index (κ2) is 10.7. The number of nitrogen functional groups attached to an aromatic ring is 1. The zero-order valence-corrected chi connectivity index (χ0v) is 21.7. The molecule has 5 heterocycles. The molecule has 38 heavy (non-hydrogen) atoms. The maximum Gasteiger partial charge on any atom is 0.261 e. The molecule has 1 atom stereocenters. The fraction of sp³-hybridized carbons (Fsp3) is 0.423. The lowest BCUT2D eigenvalue weighted by Crippen LogP contribution is -2.40. The van der Waals surface area contributed by atoms with Gasteiger partial charge < -0.3 is 20.3 Å². The third kappa shape index (κ3) is 5.86. The largest absolute Gasteiger partial charge is 0.381 e. The molecule has 4 aromatic heterocycles. The van der Waals surface area contributed by atoms with Crippen LogP contribution in [0.25, 0.3) is 22.7 Å². The van der Waals surface area contributed by atoms with Crippen molar-refractivity contribution in [2.24, 2.45) is 5.41 Å². The van der Waals surface area contributed by atoms with E-state index in [1.807, 2.05) is 18.3 Å². The van der Waals surface area contributed by atoms with Crippen molar-refractivity contribution in [2.45, 2.75) is 52.1 Å². The maximum atomic E-state index is 12.4. The summed E-state index contributed by atoms with van der Waals surface area (Å²) < 4.78 is 12.5. The van der Waals surface area contributed by atoms with Crippen molar-refractivity contribution >= 4 is 11.9 Å². The number of anilines is 1. The fourth-order valence-corrected chi connectivity index (χ4v) is 4.55. The molecule has 0 aliphatic carbocycles.